The summed E-state index contributed by atoms with van der Waals surface area (Å²) in [4.78, 5) is 37.9. The molecule has 0 saturated heterocycles. The van der Waals surface area contributed by atoms with Crippen molar-refractivity contribution in [3.8, 4) is 0 Å². The van der Waals surface area contributed by atoms with E-state index < -0.39 is 26.5 Å². The lowest BCUT2D eigenvalue weighted by Gasteiger charge is -2.28. The molecule has 0 amide bonds. The third-order valence-electron chi connectivity index (χ3n) is 13.4. The van der Waals surface area contributed by atoms with Crippen LogP contribution >= 0.6 is 7.82 Å². The lowest BCUT2D eigenvalue weighted by molar-refractivity contribution is -0.870. The van der Waals surface area contributed by atoms with Crippen molar-refractivity contribution in [3.63, 3.8) is 0 Å². The molecule has 0 saturated carbocycles. The van der Waals surface area contributed by atoms with Crippen molar-refractivity contribution in [2.75, 3.05) is 47.5 Å². The van der Waals surface area contributed by atoms with Gasteiger partial charge in [0.15, 0.2) is 6.10 Å². The van der Waals surface area contributed by atoms with E-state index in [-0.39, 0.29) is 32.0 Å². The van der Waals surface area contributed by atoms with Gasteiger partial charge >= 0.3 is 11.9 Å². The van der Waals surface area contributed by atoms with E-state index in [4.69, 9.17) is 18.5 Å². The van der Waals surface area contributed by atoms with Gasteiger partial charge in [-0.1, -0.05) is 262 Å². The van der Waals surface area contributed by atoms with E-state index in [1.165, 1.54) is 205 Å². The number of hydrogen-bond acceptors (Lipinski definition) is 8. The summed E-state index contributed by atoms with van der Waals surface area (Å²) in [6.07, 6.45) is 64.7. The second kappa shape index (κ2) is 53.1. The lowest BCUT2D eigenvalue weighted by Crippen LogP contribution is -2.37. The monoisotopic (exact) mass is 1020 g/mol. The predicted octanol–water partition coefficient (Wildman–Crippen LogP) is 18.1. The van der Waals surface area contributed by atoms with Crippen molar-refractivity contribution in [2.45, 2.75) is 296 Å². The van der Waals surface area contributed by atoms with Gasteiger partial charge in [0.2, 0.25) is 0 Å². The third kappa shape index (κ3) is 57.4. The van der Waals surface area contributed by atoms with Crippen LogP contribution in [0.25, 0.3) is 0 Å². The topological polar surface area (TPSA) is 111 Å². The minimum atomic E-state index is -4.63. The van der Waals surface area contributed by atoms with Crippen LogP contribution in [-0.4, -0.2) is 70.0 Å². The molecule has 0 aliphatic heterocycles. The highest BCUT2D eigenvalue weighted by Gasteiger charge is 2.22. The number of nitrogens with zero attached hydrogens (tertiary/aromatic N) is 1. The number of rotatable bonds is 56. The molecule has 2 unspecified atom stereocenters. The molecule has 0 N–H and O–H groups in total. The van der Waals surface area contributed by atoms with Crippen molar-refractivity contribution >= 4 is 19.8 Å². The molecule has 0 aromatic carbocycles. The summed E-state index contributed by atoms with van der Waals surface area (Å²) in [6.45, 7) is 4.27. The van der Waals surface area contributed by atoms with Gasteiger partial charge in [-0.15, -0.1) is 0 Å². The first-order valence-corrected chi connectivity index (χ1v) is 31.7. The molecule has 0 spiro atoms. The Kier molecular flexibility index (Phi) is 51.7. The van der Waals surface area contributed by atoms with Crippen LogP contribution in [0, 0.1) is 0 Å². The molecule has 0 heterocycles. The number of ether oxygens (including phenoxy) is 2. The Morgan fingerprint density at radius 1 is 0.437 bits per heavy atom. The normalized spacial score (nSPS) is 13.5. The van der Waals surface area contributed by atoms with Crippen LogP contribution in [0.4, 0.5) is 0 Å². The van der Waals surface area contributed by atoms with E-state index in [1.807, 2.05) is 21.1 Å². The average Bonchev–Trinajstić information content (AvgIpc) is 3.33. The van der Waals surface area contributed by atoms with Crippen LogP contribution in [0.2, 0.25) is 0 Å². The van der Waals surface area contributed by atoms with Crippen molar-refractivity contribution in [1.82, 2.24) is 0 Å². The number of esters is 2. The average molecular weight is 1020 g/mol. The highest BCUT2D eigenvalue weighted by atomic mass is 31.2. The zero-order valence-corrected chi connectivity index (χ0v) is 48.3. The first-order valence-electron chi connectivity index (χ1n) is 30.2. The summed E-state index contributed by atoms with van der Waals surface area (Å²) in [7, 11) is 1.18. The van der Waals surface area contributed by atoms with Gasteiger partial charge in [0, 0.05) is 12.8 Å². The van der Waals surface area contributed by atoms with Crippen LogP contribution in [0.5, 0.6) is 0 Å². The number of likely N-dealkylation sites (N-methyl/N-ethyl adjacent to an activating group) is 1. The SMILES string of the molecule is CCCCCCC/C=C\C/C=C\C/C=C\CCCCCCCCCCCCCCC(=O)OC(COC(=O)CCCCCCCCCCCCCCCCCCCCCC)COP(=O)([O-])OCC[N+](C)(C)C. The van der Waals surface area contributed by atoms with Gasteiger partial charge in [-0.25, -0.2) is 0 Å². The Hall–Kier alpha value is -1.77. The standard InChI is InChI=1S/C61H116NO8P/c1-6-8-10-12-14-16-18-20-22-24-26-28-29-30-31-32-33-34-36-38-40-42-44-46-48-50-52-54-61(64)70-59(58-69-71(65,66)68-56-55-62(3,4)5)57-67-60(63)53-51-49-47-45-43-41-39-37-35-27-25-23-21-19-17-15-13-11-9-7-2/h18,20,24,26,29-30,59H,6-17,19,21-23,25,27-28,31-58H2,1-5H3/b20-18-,26-24-,30-29-. The zero-order chi connectivity index (χ0) is 52.0. The minimum Gasteiger partial charge on any atom is -0.756 e. The van der Waals surface area contributed by atoms with Crippen molar-refractivity contribution in [3.05, 3.63) is 36.5 Å². The number of unbranched alkanes of at least 4 members (excludes halogenated alkanes) is 36. The van der Waals surface area contributed by atoms with Gasteiger partial charge in [0.1, 0.15) is 19.8 Å². The Morgan fingerprint density at radius 3 is 1.13 bits per heavy atom. The van der Waals surface area contributed by atoms with E-state index >= 15 is 0 Å². The fourth-order valence-electron chi connectivity index (χ4n) is 8.72. The number of hydrogen-bond donors (Lipinski definition) is 0. The van der Waals surface area contributed by atoms with E-state index in [1.54, 1.807) is 0 Å². The highest BCUT2D eigenvalue weighted by Crippen LogP contribution is 2.38. The Balaban J connectivity index is 4.12. The number of carbonyl (C=O) groups is 2. The summed E-state index contributed by atoms with van der Waals surface area (Å²) in [5.41, 5.74) is 0. The lowest BCUT2D eigenvalue weighted by atomic mass is 10.0. The Labute approximate surface area is 440 Å². The molecule has 418 valence electrons. The summed E-state index contributed by atoms with van der Waals surface area (Å²) in [6, 6.07) is 0. The number of quaternary nitrogens is 1. The van der Waals surface area contributed by atoms with Gasteiger partial charge in [-0.3, -0.25) is 14.2 Å². The zero-order valence-electron chi connectivity index (χ0n) is 47.4. The first kappa shape index (κ1) is 69.2. The molecule has 0 aromatic rings. The highest BCUT2D eigenvalue weighted by molar-refractivity contribution is 7.45. The molecule has 0 fully saturated rings. The molecular formula is C61H116NO8P. The molecular weight excluding hydrogens is 906 g/mol. The molecule has 0 rings (SSSR count). The first-order chi connectivity index (χ1) is 34.5. The molecule has 0 aliphatic rings. The molecule has 0 aromatic heterocycles. The van der Waals surface area contributed by atoms with Crippen LogP contribution < -0.4 is 4.89 Å². The van der Waals surface area contributed by atoms with E-state index in [0.717, 1.165) is 51.4 Å². The molecule has 0 radical (unpaired) electrons. The summed E-state index contributed by atoms with van der Waals surface area (Å²) in [5.74, 6) is -0.820. The molecule has 0 aliphatic carbocycles. The van der Waals surface area contributed by atoms with Crippen molar-refractivity contribution < 1.29 is 42.1 Å². The number of carbonyl (C=O) groups excluding carboxylic acids is 2. The maximum atomic E-state index is 12.8. The van der Waals surface area contributed by atoms with E-state index in [0.29, 0.717) is 17.4 Å². The molecule has 2 atom stereocenters. The minimum absolute atomic E-state index is 0.0294. The second-order valence-electron chi connectivity index (χ2n) is 21.7. The summed E-state index contributed by atoms with van der Waals surface area (Å²) >= 11 is 0. The fourth-order valence-corrected chi connectivity index (χ4v) is 9.45. The van der Waals surface area contributed by atoms with E-state index in [9.17, 15) is 19.0 Å². The van der Waals surface area contributed by atoms with Crippen LogP contribution in [0.1, 0.15) is 290 Å². The molecule has 10 heteroatoms. The quantitative estimate of drug-likeness (QED) is 0.0195. The smallest absolute Gasteiger partial charge is 0.306 e. The summed E-state index contributed by atoms with van der Waals surface area (Å²) < 4.78 is 34.2. The third-order valence-corrected chi connectivity index (χ3v) is 14.4. The van der Waals surface area contributed by atoms with Gasteiger partial charge in [0.05, 0.1) is 27.7 Å². The largest absolute Gasteiger partial charge is 0.756 e. The predicted molar refractivity (Wildman–Crippen MR) is 301 cm³/mol. The van der Waals surface area contributed by atoms with Gasteiger partial charge < -0.3 is 27.9 Å². The number of phosphoric ester groups is 1. The number of phosphoric acid groups is 1. The van der Waals surface area contributed by atoms with Gasteiger partial charge in [0.25, 0.3) is 7.82 Å². The van der Waals surface area contributed by atoms with Gasteiger partial charge in [-0.05, 0) is 51.4 Å². The Morgan fingerprint density at radius 2 is 0.761 bits per heavy atom. The molecule has 0 bridgehead atoms. The summed E-state index contributed by atoms with van der Waals surface area (Å²) in [5, 5.41) is 0. The molecule has 71 heavy (non-hydrogen) atoms. The maximum absolute atomic E-state index is 12.8. The number of allylic oxidation sites excluding steroid dienone is 6. The van der Waals surface area contributed by atoms with Crippen LogP contribution in [0.3, 0.4) is 0 Å². The maximum Gasteiger partial charge on any atom is 0.306 e. The second-order valence-corrected chi connectivity index (χ2v) is 23.1. The van der Waals surface area contributed by atoms with E-state index in [2.05, 4.69) is 50.3 Å². The Bertz CT molecular complexity index is 1300. The fraction of sp³-hybridized carbons (Fsp3) is 0.869. The molecule has 9 nitrogen and oxygen atoms in total. The van der Waals surface area contributed by atoms with Gasteiger partial charge in [-0.2, -0.15) is 0 Å². The van der Waals surface area contributed by atoms with Crippen molar-refractivity contribution in [1.29, 1.82) is 0 Å². The van der Waals surface area contributed by atoms with Crippen molar-refractivity contribution in [2.24, 2.45) is 0 Å². The van der Waals surface area contributed by atoms with Crippen LogP contribution in [0.15, 0.2) is 36.5 Å². The van der Waals surface area contributed by atoms with Crippen LogP contribution in [-0.2, 0) is 32.7 Å².